The van der Waals surface area contributed by atoms with Crippen molar-refractivity contribution in [3.05, 3.63) is 22.6 Å². The number of urea groups is 1. The summed E-state index contributed by atoms with van der Waals surface area (Å²) in [5.41, 5.74) is 2.90. The van der Waals surface area contributed by atoms with E-state index in [0.29, 0.717) is 38.2 Å². The van der Waals surface area contributed by atoms with Crippen LogP contribution < -0.4 is 21.2 Å². The van der Waals surface area contributed by atoms with Gasteiger partial charge in [-0.25, -0.2) is 9.59 Å². The van der Waals surface area contributed by atoms with Gasteiger partial charge in [0, 0.05) is 33.2 Å². The van der Waals surface area contributed by atoms with Crippen LogP contribution in [0, 0.1) is 5.92 Å². The minimum Gasteiger partial charge on any atom is -0.466 e. The number of aromatic nitrogens is 2. The van der Waals surface area contributed by atoms with Gasteiger partial charge in [0.25, 0.3) is 0 Å². The molecule has 0 bridgehead atoms. The molecule has 2 amide bonds. The number of aryl methyl sites for hydroxylation is 2. The Kier molecular flexibility index (Phi) is 6.92. The van der Waals surface area contributed by atoms with E-state index in [9.17, 15) is 14.4 Å². The van der Waals surface area contributed by atoms with Gasteiger partial charge in [-0.15, -0.1) is 0 Å². The van der Waals surface area contributed by atoms with Crippen LogP contribution >= 0.6 is 0 Å². The maximum atomic E-state index is 12.5. The van der Waals surface area contributed by atoms with Crippen LogP contribution in [0.4, 0.5) is 16.2 Å². The van der Waals surface area contributed by atoms with E-state index in [-0.39, 0.29) is 29.6 Å². The van der Waals surface area contributed by atoms with Crippen molar-refractivity contribution in [1.29, 1.82) is 0 Å². The second-order valence-electron chi connectivity index (χ2n) is 8.18. The third-order valence-electron chi connectivity index (χ3n) is 6.08. The summed E-state index contributed by atoms with van der Waals surface area (Å²) in [4.78, 5) is 39.2. The number of rotatable bonds is 6. The van der Waals surface area contributed by atoms with Crippen LogP contribution in [0.1, 0.15) is 40.0 Å². The summed E-state index contributed by atoms with van der Waals surface area (Å²) in [6, 6.07) is 3.56. The van der Waals surface area contributed by atoms with Crippen molar-refractivity contribution in [1.82, 2.24) is 14.5 Å². The van der Waals surface area contributed by atoms with Gasteiger partial charge in [-0.2, -0.15) is 0 Å². The Balaban J connectivity index is 1.93. The van der Waals surface area contributed by atoms with Gasteiger partial charge in [0.2, 0.25) is 0 Å². The van der Waals surface area contributed by atoms with Crippen LogP contribution in [-0.4, -0.2) is 46.9 Å². The third-order valence-corrected chi connectivity index (χ3v) is 6.08. The molecule has 2 N–H and O–H groups in total. The van der Waals surface area contributed by atoms with Crippen molar-refractivity contribution >= 4 is 34.4 Å². The lowest BCUT2D eigenvalue weighted by Gasteiger charge is -2.34. The molecule has 2 heterocycles. The minimum atomic E-state index is -0.280. The topological polar surface area (TPSA) is 97.6 Å². The number of carbonyl (C=O) groups excluding carboxylic acids is 2. The van der Waals surface area contributed by atoms with E-state index in [4.69, 9.17) is 4.74 Å². The lowest BCUT2D eigenvalue weighted by molar-refractivity contribution is -0.148. The summed E-state index contributed by atoms with van der Waals surface area (Å²) in [7, 11) is 3.46. The zero-order valence-corrected chi connectivity index (χ0v) is 19.0. The molecule has 1 aromatic carbocycles. The molecule has 31 heavy (non-hydrogen) atoms. The molecule has 170 valence electrons. The van der Waals surface area contributed by atoms with Gasteiger partial charge in [-0.05, 0) is 45.2 Å². The summed E-state index contributed by atoms with van der Waals surface area (Å²) in [5, 5.41) is 5.89. The summed E-state index contributed by atoms with van der Waals surface area (Å²) in [5.74, 6) is -0.250. The monoisotopic (exact) mass is 431 g/mol. The predicted octanol–water partition coefficient (Wildman–Crippen LogP) is 2.58. The number of ether oxygens (including phenoxy) is 1. The largest absolute Gasteiger partial charge is 0.466 e. The molecule has 1 aromatic heterocycles. The zero-order valence-electron chi connectivity index (χ0n) is 19.0. The molecule has 0 radical (unpaired) electrons. The second kappa shape index (κ2) is 9.45. The van der Waals surface area contributed by atoms with Crippen molar-refractivity contribution in [2.75, 3.05) is 29.9 Å². The molecule has 0 saturated carbocycles. The Hall–Kier alpha value is -2.97. The Bertz CT molecular complexity index is 1020. The highest BCUT2D eigenvalue weighted by Gasteiger charge is 2.28. The maximum absolute atomic E-state index is 12.5. The van der Waals surface area contributed by atoms with Gasteiger partial charge in [-0.1, -0.05) is 6.92 Å². The van der Waals surface area contributed by atoms with Crippen LogP contribution in [0.15, 0.2) is 16.9 Å². The normalized spacial score (nSPS) is 15.7. The van der Waals surface area contributed by atoms with Crippen LogP contribution in [0.3, 0.4) is 0 Å². The zero-order chi connectivity index (χ0) is 22.7. The highest BCUT2D eigenvalue weighted by atomic mass is 16.5. The molecule has 9 heteroatoms. The van der Waals surface area contributed by atoms with Crippen molar-refractivity contribution in [2.24, 2.45) is 20.0 Å². The molecule has 0 spiro atoms. The first-order valence-corrected chi connectivity index (χ1v) is 10.9. The molecule has 9 nitrogen and oxygen atoms in total. The van der Waals surface area contributed by atoms with Crippen molar-refractivity contribution in [3.8, 4) is 0 Å². The smallest absolute Gasteiger partial charge is 0.328 e. The second-order valence-corrected chi connectivity index (χ2v) is 8.18. The highest BCUT2D eigenvalue weighted by molar-refractivity contribution is 5.98. The Morgan fingerprint density at radius 2 is 1.74 bits per heavy atom. The van der Waals surface area contributed by atoms with E-state index in [1.54, 1.807) is 23.2 Å². The fourth-order valence-corrected chi connectivity index (χ4v) is 4.00. The standard InChI is InChI=1S/C22H33N5O4/c1-6-14(3)23-21(29)24-16-12-18-19(26(5)22(30)25(18)4)13-17(16)27-10-8-15(9-11-27)20(28)31-7-2/h12-15H,6-11H2,1-5H3,(H2,23,24,29)/t14-/m1/s1. The quantitative estimate of drug-likeness (QED) is 0.685. The average molecular weight is 432 g/mol. The summed E-state index contributed by atoms with van der Waals surface area (Å²) in [6.07, 6.45) is 2.19. The number of amides is 2. The van der Waals surface area contributed by atoms with Gasteiger partial charge in [0.1, 0.15) is 0 Å². The average Bonchev–Trinajstić information content (AvgIpc) is 2.97. The first-order chi connectivity index (χ1) is 14.8. The Labute approximate surface area is 182 Å². The van der Waals surface area contributed by atoms with Crippen LogP contribution in [-0.2, 0) is 23.6 Å². The highest BCUT2D eigenvalue weighted by Crippen LogP contribution is 2.34. The lowest BCUT2D eigenvalue weighted by Crippen LogP contribution is -2.38. The number of hydrogen-bond acceptors (Lipinski definition) is 5. The van der Waals surface area contributed by atoms with Crippen molar-refractivity contribution in [3.63, 3.8) is 0 Å². The number of hydrogen-bond donors (Lipinski definition) is 2. The molecule has 1 atom stereocenters. The molecule has 1 saturated heterocycles. The van der Waals surface area contributed by atoms with E-state index in [1.165, 1.54) is 0 Å². The number of anilines is 2. The van der Waals surface area contributed by atoms with Crippen LogP contribution in [0.25, 0.3) is 11.0 Å². The number of imidazole rings is 1. The number of carbonyl (C=O) groups is 2. The van der Waals surface area contributed by atoms with Crippen molar-refractivity contribution < 1.29 is 14.3 Å². The minimum absolute atomic E-state index is 0.0496. The summed E-state index contributed by atoms with van der Waals surface area (Å²) < 4.78 is 8.35. The van der Waals surface area contributed by atoms with E-state index < -0.39 is 0 Å². The van der Waals surface area contributed by atoms with Crippen LogP contribution in [0.5, 0.6) is 0 Å². The fraction of sp³-hybridized carbons (Fsp3) is 0.591. The Morgan fingerprint density at radius 3 is 2.32 bits per heavy atom. The molecule has 2 aromatic rings. The number of nitrogens with one attached hydrogen (secondary N) is 2. The van der Waals surface area contributed by atoms with Crippen molar-refractivity contribution in [2.45, 2.75) is 46.1 Å². The summed E-state index contributed by atoms with van der Waals surface area (Å²) in [6.45, 7) is 7.49. The molecule has 0 aliphatic carbocycles. The molecule has 1 aliphatic heterocycles. The molecular weight excluding hydrogens is 398 g/mol. The molecule has 0 unspecified atom stereocenters. The molecule has 1 aliphatic rings. The fourth-order valence-electron chi connectivity index (χ4n) is 4.00. The number of esters is 1. The van der Waals surface area contributed by atoms with Crippen LogP contribution in [0.2, 0.25) is 0 Å². The van der Waals surface area contributed by atoms with Gasteiger partial charge in [-0.3, -0.25) is 13.9 Å². The van der Waals surface area contributed by atoms with Gasteiger partial charge in [0.15, 0.2) is 0 Å². The maximum Gasteiger partial charge on any atom is 0.328 e. The van der Waals surface area contributed by atoms with Gasteiger partial charge >= 0.3 is 17.7 Å². The van der Waals surface area contributed by atoms with Gasteiger partial charge < -0.3 is 20.3 Å². The summed E-state index contributed by atoms with van der Waals surface area (Å²) >= 11 is 0. The number of fused-ring (bicyclic) bond motifs is 1. The first kappa shape index (κ1) is 22.7. The first-order valence-electron chi connectivity index (χ1n) is 10.9. The van der Waals surface area contributed by atoms with Gasteiger partial charge in [0.05, 0.1) is 34.9 Å². The number of benzene rings is 1. The van der Waals surface area contributed by atoms with E-state index in [1.807, 2.05) is 32.9 Å². The van der Waals surface area contributed by atoms with E-state index >= 15 is 0 Å². The lowest BCUT2D eigenvalue weighted by atomic mass is 9.96. The third kappa shape index (κ3) is 4.70. The SMILES string of the molecule is CCOC(=O)C1CCN(c2cc3c(cc2NC(=O)N[C@H](C)CC)n(C)c(=O)n3C)CC1. The Morgan fingerprint density at radius 1 is 1.13 bits per heavy atom. The number of piperidine rings is 1. The van der Waals surface area contributed by atoms with E-state index in [0.717, 1.165) is 23.1 Å². The molecular formula is C22H33N5O4. The predicted molar refractivity (Wildman–Crippen MR) is 122 cm³/mol. The number of nitrogens with zero attached hydrogens (tertiary/aromatic N) is 3. The molecule has 3 rings (SSSR count). The molecule has 1 fully saturated rings. The van der Waals surface area contributed by atoms with E-state index in [2.05, 4.69) is 15.5 Å².